The predicted octanol–water partition coefficient (Wildman–Crippen LogP) is 2.05. The van der Waals surface area contributed by atoms with Crippen LogP contribution in [0.3, 0.4) is 0 Å². The molecule has 0 spiro atoms. The first-order valence-electron chi connectivity index (χ1n) is 8.32. The number of ketones is 1. The van der Waals surface area contributed by atoms with Gasteiger partial charge in [-0.2, -0.15) is 5.26 Å². The fourth-order valence-corrected chi connectivity index (χ4v) is 3.33. The Bertz CT molecular complexity index is 1120. The molecule has 0 saturated carbocycles. The number of fused-ring (bicyclic) bond motifs is 2. The van der Waals surface area contributed by atoms with Crippen molar-refractivity contribution in [3.8, 4) is 6.07 Å². The number of benzene rings is 2. The number of amides is 2. The highest BCUT2D eigenvalue weighted by Gasteiger charge is 2.38. The highest BCUT2D eigenvalue weighted by atomic mass is 16.2. The van der Waals surface area contributed by atoms with E-state index in [4.69, 9.17) is 0 Å². The lowest BCUT2D eigenvalue weighted by Crippen LogP contribution is -2.37. The quantitative estimate of drug-likeness (QED) is 0.665. The minimum Gasteiger partial charge on any atom is -0.330 e. The Morgan fingerprint density at radius 2 is 1.67 bits per heavy atom. The lowest BCUT2D eigenvalue weighted by molar-refractivity contribution is -0.119. The first-order valence-corrected chi connectivity index (χ1v) is 8.32. The van der Waals surface area contributed by atoms with Gasteiger partial charge in [0.1, 0.15) is 5.82 Å². The third-order valence-corrected chi connectivity index (χ3v) is 4.72. The summed E-state index contributed by atoms with van der Waals surface area (Å²) < 4.78 is 1.68. The molecule has 0 bridgehead atoms. The minimum absolute atomic E-state index is 0.270. The van der Waals surface area contributed by atoms with Crippen LogP contribution < -0.4 is 0 Å². The van der Waals surface area contributed by atoms with Gasteiger partial charge in [0.05, 0.1) is 34.8 Å². The third-order valence-electron chi connectivity index (χ3n) is 4.72. The van der Waals surface area contributed by atoms with E-state index >= 15 is 0 Å². The SMILES string of the molecule is Cn1c(C(C#N)C(=O)CN2C(=O)c3ccccc3C2=O)nc2ccccc21. The molecule has 0 aliphatic carbocycles. The predicted molar refractivity (Wildman–Crippen MR) is 95.9 cm³/mol. The molecule has 2 amide bonds. The summed E-state index contributed by atoms with van der Waals surface area (Å²) in [5.74, 6) is -2.48. The Morgan fingerprint density at radius 3 is 2.26 bits per heavy atom. The first-order chi connectivity index (χ1) is 13.0. The van der Waals surface area contributed by atoms with Gasteiger partial charge in [-0.15, -0.1) is 0 Å². The summed E-state index contributed by atoms with van der Waals surface area (Å²) in [6.45, 7) is -0.465. The second-order valence-electron chi connectivity index (χ2n) is 6.29. The number of nitrogens with zero attached hydrogens (tertiary/aromatic N) is 4. The van der Waals surface area contributed by atoms with Gasteiger partial charge >= 0.3 is 0 Å². The van der Waals surface area contributed by atoms with E-state index in [1.807, 2.05) is 24.3 Å². The third kappa shape index (κ3) is 2.50. The number of hydrogen-bond donors (Lipinski definition) is 0. The number of imide groups is 1. The number of aryl methyl sites for hydroxylation is 1. The van der Waals surface area contributed by atoms with Gasteiger partial charge in [-0.3, -0.25) is 19.3 Å². The molecule has 3 aromatic rings. The maximum absolute atomic E-state index is 12.8. The highest BCUT2D eigenvalue weighted by molar-refractivity contribution is 6.22. The number of carbonyl (C=O) groups is 3. The van der Waals surface area contributed by atoms with Crippen LogP contribution in [0.1, 0.15) is 32.5 Å². The van der Waals surface area contributed by atoms with Crippen molar-refractivity contribution in [2.75, 3.05) is 6.54 Å². The molecule has 2 aromatic carbocycles. The number of hydrogen-bond acceptors (Lipinski definition) is 5. The summed E-state index contributed by atoms with van der Waals surface area (Å²) in [5, 5.41) is 9.57. The van der Waals surface area contributed by atoms with Crippen LogP contribution in [0.15, 0.2) is 48.5 Å². The van der Waals surface area contributed by atoms with Crippen LogP contribution in [0.5, 0.6) is 0 Å². The maximum atomic E-state index is 12.8. The molecule has 4 rings (SSSR count). The molecule has 2 heterocycles. The largest absolute Gasteiger partial charge is 0.330 e. The molecular formula is C20H14N4O3. The molecule has 7 heteroatoms. The number of rotatable bonds is 4. The summed E-state index contributed by atoms with van der Waals surface area (Å²) in [4.78, 5) is 43.0. The summed E-state index contributed by atoms with van der Waals surface area (Å²) >= 11 is 0. The van der Waals surface area contributed by atoms with E-state index in [1.54, 1.807) is 41.9 Å². The molecule has 1 aromatic heterocycles. The number of aromatic nitrogens is 2. The van der Waals surface area contributed by atoms with Crippen LogP contribution in [-0.2, 0) is 11.8 Å². The van der Waals surface area contributed by atoms with Gasteiger partial charge in [-0.1, -0.05) is 24.3 Å². The molecule has 0 fully saturated rings. The van der Waals surface area contributed by atoms with Crippen molar-refractivity contribution < 1.29 is 14.4 Å². The summed E-state index contributed by atoms with van der Waals surface area (Å²) in [6.07, 6.45) is 0. The van der Waals surface area contributed by atoms with Crippen LogP contribution in [0, 0.1) is 11.3 Å². The van der Waals surface area contributed by atoms with Crippen LogP contribution in [0.25, 0.3) is 11.0 Å². The van der Waals surface area contributed by atoms with Gasteiger partial charge in [-0.25, -0.2) is 4.98 Å². The fourth-order valence-electron chi connectivity index (χ4n) is 3.33. The van der Waals surface area contributed by atoms with E-state index in [0.717, 1.165) is 10.4 Å². The van der Waals surface area contributed by atoms with E-state index in [0.29, 0.717) is 11.3 Å². The average molecular weight is 358 g/mol. The zero-order valence-corrected chi connectivity index (χ0v) is 14.4. The van der Waals surface area contributed by atoms with Crippen molar-refractivity contribution in [1.82, 2.24) is 14.5 Å². The second kappa shape index (κ2) is 6.18. The van der Waals surface area contributed by atoms with Gasteiger partial charge in [0.2, 0.25) is 0 Å². The van der Waals surface area contributed by atoms with Crippen molar-refractivity contribution >= 4 is 28.6 Å². The first kappa shape index (κ1) is 16.7. The topological polar surface area (TPSA) is 96.1 Å². The monoisotopic (exact) mass is 358 g/mol. The van der Waals surface area contributed by atoms with Gasteiger partial charge in [0, 0.05) is 7.05 Å². The summed E-state index contributed by atoms with van der Waals surface area (Å²) in [6, 6.07) is 15.7. The fraction of sp³-hybridized carbons (Fsp3) is 0.150. The molecule has 1 unspecified atom stereocenters. The smallest absolute Gasteiger partial charge is 0.261 e. The number of imidazole rings is 1. The van der Waals surface area contributed by atoms with E-state index in [9.17, 15) is 19.6 Å². The summed E-state index contributed by atoms with van der Waals surface area (Å²) in [5.41, 5.74) is 2.00. The van der Waals surface area contributed by atoms with E-state index < -0.39 is 30.1 Å². The zero-order valence-electron chi connectivity index (χ0n) is 14.4. The van der Waals surface area contributed by atoms with Crippen molar-refractivity contribution in [3.05, 3.63) is 65.5 Å². The Balaban J connectivity index is 1.64. The lowest BCUT2D eigenvalue weighted by Gasteiger charge is -2.15. The van der Waals surface area contributed by atoms with Crippen molar-refractivity contribution in [1.29, 1.82) is 5.26 Å². The maximum Gasteiger partial charge on any atom is 0.261 e. The molecule has 1 aliphatic rings. The second-order valence-corrected chi connectivity index (χ2v) is 6.29. The van der Waals surface area contributed by atoms with Crippen LogP contribution in [-0.4, -0.2) is 38.6 Å². The molecule has 1 aliphatic heterocycles. The number of nitriles is 1. The molecule has 7 nitrogen and oxygen atoms in total. The standard InChI is InChI=1S/C20H14N4O3/c1-23-16-9-5-4-8-15(16)22-18(23)14(10-21)17(25)11-24-19(26)12-6-2-3-7-13(12)20(24)27/h2-9,14H,11H2,1H3. The van der Waals surface area contributed by atoms with E-state index in [-0.39, 0.29) is 11.1 Å². The van der Waals surface area contributed by atoms with Gasteiger partial charge in [0.15, 0.2) is 11.7 Å². The van der Waals surface area contributed by atoms with Gasteiger partial charge in [-0.05, 0) is 24.3 Å². The number of carbonyl (C=O) groups excluding carboxylic acids is 3. The highest BCUT2D eigenvalue weighted by Crippen LogP contribution is 2.25. The Labute approximate surface area is 154 Å². The Kier molecular flexibility index (Phi) is 3.81. The molecule has 0 N–H and O–H groups in total. The van der Waals surface area contributed by atoms with Crippen LogP contribution in [0.4, 0.5) is 0 Å². The van der Waals surface area contributed by atoms with Gasteiger partial charge < -0.3 is 4.57 Å². The summed E-state index contributed by atoms with van der Waals surface area (Å²) in [7, 11) is 1.73. The van der Waals surface area contributed by atoms with Crippen molar-refractivity contribution in [2.45, 2.75) is 5.92 Å². The normalized spacial score (nSPS) is 14.3. The Morgan fingerprint density at radius 1 is 1.07 bits per heavy atom. The lowest BCUT2D eigenvalue weighted by atomic mass is 10.0. The Hall–Kier alpha value is -3.79. The van der Waals surface area contributed by atoms with Crippen LogP contribution in [0.2, 0.25) is 0 Å². The van der Waals surface area contributed by atoms with Crippen molar-refractivity contribution in [3.63, 3.8) is 0 Å². The van der Waals surface area contributed by atoms with Crippen molar-refractivity contribution in [2.24, 2.45) is 7.05 Å². The van der Waals surface area contributed by atoms with E-state index in [2.05, 4.69) is 4.98 Å². The minimum atomic E-state index is -1.17. The molecule has 132 valence electrons. The molecule has 27 heavy (non-hydrogen) atoms. The van der Waals surface area contributed by atoms with Crippen LogP contribution >= 0.6 is 0 Å². The number of Topliss-reactive ketones (excluding diaryl/α,β-unsaturated/α-hetero) is 1. The molecule has 1 atom stereocenters. The molecule has 0 radical (unpaired) electrons. The zero-order chi connectivity index (χ0) is 19.1. The average Bonchev–Trinajstić information content (AvgIpc) is 3.13. The molecule has 0 saturated heterocycles. The number of para-hydroxylation sites is 2. The molecular weight excluding hydrogens is 344 g/mol. The van der Waals surface area contributed by atoms with Gasteiger partial charge in [0.25, 0.3) is 11.8 Å². The van der Waals surface area contributed by atoms with E-state index in [1.165, 1.54) is 0 Å².